The van der Waals surface area contributed by atoms with Crippen LogP contribution in [0, 0.1) is 11.8 Å². The second-order valence-corrected chi connectivity index (χ2v) is 3.62. The summed E-state index contributed by atoms with van der Waals surface area (Å²) in [6.07, 6.45) is 2.31. The lowest BCUT2D eigenvalue weighted by Crippen LogP contribution is -2.48. The minimum atomic E-state index is -0.439. The zero-order valence-corrected chi connectivity index (χ0v) is 6.35. The molecule has 2 aliphatic rings. The largest absolute Gasteiger partial charge is 0.389 e. The van der Waals surface area contributed by atoms with Crippen molar-refractivity contribution in [1.82, 2.24) is 5.32 Å². The van der Waals surface area contributed by atoms with Crippen LogP contribution in [-0.2, 0) is 0 Å². The summed E-state index contributed by atoms with van der Waals surface area (Å²) in [7, 11) is 0. The summed E-state index contributed by atoms with van der Waals surface area (Å²) in [6.45, 7) is 3.89. The van der Waals surface area contributed by atoms with Crippen molar-refractivity contribution in [1.29, 1.82) is 0 Å². The van der Waals surface area contributed by atoms with Crippen molar-refractivity contribution < 1.29 is 5.11 Å². The Kier molecular flexibility index (Phi) is 1.29. The zero-order valence-electron chi connectivity index (χ0n) is 6.35. The first-order valence-corrected chi connectivity index (χ1v) is 3.99. The summed E-state index contributed by atoms with van der Waals surface area (Å²) in [6, 6.07) is 0. The van der Waals surface area contributed by atoms with Crippen molar-refractivity contribution >= 4 is 0 Å². The van der Waals surface area contributed by atoms with E-state index in [0.29, 0.717) is 5.92 Å². The van der Waals surface area contributed by atoms with Gasteiger partial charge in [0.2, 0.25) is 0 Å². The summed E-state index contributed by atoms with van der Waals surface area (Å²) in [5.74, 6) is 1.79. The Labute approximate surface area is 61.6 Å². The molecule has 2 rings (SSSR count). The molecule has 10 heavy (non-hydrogen) atoms. The van der Waals surface area contributed by atoms with E-state index >= 15 is 0 Å². The summed E-state index contributed by atoms with van der Waals surface area (Å²) in [4.78, 5) is 0. The van der Waals surface area contributed by atoms with E-state index in [1.165, 1.54) is 12.3 Å². The third-order valence-electron chi connectivity index (χ3n) is 3.03. The van der Waals surface area contributed by atoms with E-state index in [9.17, 15) is 5.11 Å². The van der Waals surface area contributed by atoms with Crippen LogP contribution in [0.2, 0.25) is 0 Å². The number of piperidine rings is 1. The number of hydrogen-bond donors (Lipinski definition) is 2. The Morgan fingerprint density at radius 3 is 3.10 bits per heavy atom. The quantitative estimate of drug-likeness (QED) is 0.508. The SMILES string of the molecule is C[C@@]1(O)[C]2CC[C@H]1CNC2. The molecule has 2 nitrogen and oxygen atoms in total. The molecule has 1 aliphatic carbocycles. The molecule has 1 saturated heterocycles. The lowest BCUT2D eigenvalue weighted by Gasteiger charge is -2.36. The molecule has 1 heterocycles. The number of nitrogens with one attached hydrogen (secondary N) is 1. The van der Waals surface area contributed by atoms with Crippen LogP contribution in [0.4, 0.5) is 0 Å². The standard InChI is InChI=1S/C8H14NO/c1-8(10)6-2-3-7(8)5-9-4-6/h6,9-10H,2-5H2,1H3/t6-,8-/m0/s1. The Morgan fingerprint density at radius 1 is 1.70 bits per heavy atom. The molecule has 2 bridgehead atoms. The van der Waals surface area contributed by atoms with E-state index in [1.807, 2.05) is 6.92 Å². The smallest absolute Gasteiger partial charge is 0.0734 e. The number of hydrogen-bond acceptors (Lipinski definition) is 2. The topological polar surface area (TPSA) is 32.3 Å². The highest BCUT2D eigenvalue weighted by atomic mass is 16.3. The van der Waals surface area contributed by atoms with Crippen molar-refractivity contribution in [3.05, 3.63) is 5.92 Å². The molecule has 2 fully saturated rings. The molecule has 1 aliphatic heterocycles. The summed E-state index contributed by atoms with van der Waals surface area (Å²) in [5.41, 5.74) is -0.439. The Morgan fingerprint density at radius 2 is 2.50 bits per heavy atom. The van der Waals surface area contributed by atoms with E-state index in [2.05, 4.69) is 5.32 Å². The van der Waals surface area contributed by atoms with Gasteiger partial charge in [0.15, 0.2) is 0 Å². The summed E-state index contributed by atoms with van der Waals surface area (Å²) < 4.78 is 0. The van der Waals surface area contributed by atoms with Gasteiger partial charge in [-0.25, -0.2) is 0 Å². The van der Waals surface area contributed by atoms with Gasteiger partial charge in [-0.05, 0) is 19.8 Å². The van der Waals surface area contributed by atoms with Gasteiger partial charge in [-0.3, -0.25) is 0 Å². The molecule has 1 saturated carbocycles. The molecule has 2 N–H and O–H groups in total. The van der Waals surface area contributed by atoms with Crippen LogP contribution in [0.15, 0.2) is 0 Å². The van der Waals surface area contributed by atoms with E-state index < -0.39 is 5.60 Å². The van der Waals surface area contributed by atoms with Crippen molar-refractivity contribution in [2.24, 2.45) is 5.92 Å². The van der Waals surface area contributed by atoms with Gasteiger partial charge in [0, 0.05) is 24.9 Å². The molecule has 0 aromatic heterocycles. The van der Waals surface area contributed by atoms with Crippen LogP contribution in [0.5, 0.6) is 0 Å². The van der Waals surface area contributed by atoms with Crippen LogP contribution in [0.1, 0.15) is 19.8 Å². The molecule has 57 valence electrons. The lowest BCUT2D eigenvalue weighted by molar-refractivity contribution is 0.0220. The lowest BCUT2D eigenvalue weighted by atomic mass is 9.83. The molecule has 2 heteroatoms. The summed E-state index contributed by atoms with van der Waals surface area (Å²) >= 11 is 0. The minimum Gasteiger partial charge on any atom is -0.389 e. The van der Waals surface area contributed by atoms with Gasteiger partial charge in [-0.1, -0.05) is 0 Å². The van der Waals surface area contributed by atoms with Crippen molar-refractivity contribution in [2.45, 2.75) is 25.4 Å². The van der Waals surface area contributed by atoms with Gasteiger partial charge >= 0.3 is 0 Å². The Hall–Kier alpha value is -0.0800. The molecule has 0 aromatic carbocycles. The number of aliphatic hydroxyl groups is 1. The Balaban J connectivity index is 2.21. The first-order valence-electron chi connectivity index (χ1n) is 3.99. The van der Waals surface area contributed by atoms with Gasteiger partial charge < -0.3 is 10.4 Å². The molecule has 0 unspecified atom stereocenters. The molecule has 0 amide bonds. The second kappa shape index (κ2) is 1.95. The second-order valence-electron chi connectivity index (χ2n) is 3.62. The normalized spacial score (nSPS) is 48.0. The Bertz CT molecular complexity index is 126. The van der Waals surface area contributed by atoms with E-state index in [-0.39, 0.29) is 0 Å². The maximum atomic E-state index is 9.90. The minimum absolute atomic E-state index is 0.439. The summed E-state index contributed by atoms with van der Waals surface area (Å²) in [5, 5.41) is 13.2. The number of fused-ring (bicyclic) bond motifs is 2. The fraction of sp³-hybridized carbons (Fsp3) is 0.875. The average molecular weight is 140 g/mol. The van der Waals surface area contributed by atoms with E-state index in [4.69, 9.17) is 0 Å². The van der Waals surface area contributed by atoms with Crippen LogP contribution in [0.25, 0.3) is 0 Å². The highest BCUT2D eigenvalue weighted by molar-refractivity contribution is 5.19. The maximum Gasteiger partial charge on any atom is 0.0734 e. The average Bonchev–Trinajstić information content (AvgIpc) is 2.17. The monoisotopic (exact) mass is 140 g/mol. The van der Waals surface area contributed by atoms with Crippen LogP contribution in [-0.4, -0.2) is 23.8 Å². The highest BCUT2D eigenvalue weighted by Gasteiger charge is 2.47. The predicted octanol–water partition coefficient (Wildman–Crippen LogP) is 0.325. The van der Waals surface area contributed by atoms with Gasteiger partial charge in [-0.2, -0.15) is 0 Å². The first-order chi connectivity index (χ1) is 4.71. The van der Waals surface area contributed by atoms with Crippen LogP contribution < -0.4 is 5.32 Å². The van der Waals surface area contributed by atoms with Gasteiger partial charge in [0.25, 0.3) is 0 Å². The fourth-order valence-corrected chi connectivity index (χ4v) is 2.14. The highest BCUT2D eigenvalue weighted by Crippen LogP contribution is 2.43. The molecule has 0 spiro atoms. The van der Waals surface area contributed by atoms with Gasteiger partial charge in [-0.15, -0.1) is 0 Å². The van der Waals surface area contributed by atoms with Gasteiger partial charge in [0.05, 0.1) is 5.60 Å². The molecular weight excluding hydrogens is 126 g/mol. The van der Waals surface area contributed by atoms with Crippen molar-refractivity contribution in [2.75, 3.05) is 13.1 Å². The van der Waals surface area contributed by atoms with Crippen LogP contribution >= 0.6 is 0 Å². The number of rotatable bonds is 0. The van der Waals surface area contributed by atoms with Crippen molar-refractivity contribution in [3.63, 3.8) is 0 Å². The fourth-order valence-electron chi connectivity index (χ4n) is 2.14. The molecule has 2 atom stereocenters. The third-order valence-corrected chi connectivity index (χ3v) is 3.03. The third kappa shape index (κ3) is 0.722. The van der Waals surface area contributed by atoms with E-state index in [0.717, 1.165) is 19.5 Å². The molecule has 0 aromatic rings. The molecule has 1 radical (unpaired) electrons. The van der Waals surface area contributed by atoms with Crippen molar-refractivity contribution in [3.8, 4) is 0 Å². The van der Waals surface area contributed by atoms with Crippen LogP contribution in [0.3, 0.4) is 0 Å². The maximum absolute atomic E-state index is 9.90. The molecular formula is C8H14NO. The van der Waals surface area contributed by atoms with E-state index in [1.54, 1.807) is 0 Å². The zero-order chi connectivity index (χ0) is 7.19. The first kappa shape index (κ1) is 6.62. The van der Waals surface area contributed by atoms with Gasteiger partial charge in [0.1, 0.15) is 0 Å². The predicted molar refractivity (Wildman–Crippen MR) is 39.5 cm³/mol.